The summed E-state index contributed by atoms with van der Waals surface area (Å²) in [6.45, 7) is 0. The number of methoxy groups -OCH3 is 1. The molecule has 0 aliphatic heterocycles. The number of carbonyl (C=O) groups excluding carboxylic acids is 1. The van der Waals surface area contributed by atoms with E-state index in [9.17, 15) is 23.1 Å². The van der Waals surface area contributed by atoms with Gasteiger partial charge in [-0.3, -0.25) is 0 Å². The minimum atomic E-state index is -4.47. The predicted molar refractivity (Wildman–Crippen MR) is 63.8 cm³/mol. The molecule has 0 bridgehead atoms. The van der Waals surface area contributed by atoms with Crippen LogP contribution < -0.4 is 0 Å². The van der Waals surface area contributed by atoms with Gasteiger partial charge >= 0.3 is 12.1 Å². The number of halogens is 3. The van der Waals surface area contributed by atoms with Crippen molar-refractivity contribution < 1.29 is 27.8 Å². The van der Waals surface area contributed by atoms with E-state index in [4.69, 9.17) is 0 Å². The van der Waals surface area contributed by atoms with Crippen LogP contribution in [-0.4, -0.2) is 18.2 Å². The van der Waals surface area contributed by atoms with Crippen molar-refractivity contribution in [2.45, 2.75) is 12.3 Å². The van der Waals surface area contributed by atoms with Gasteiger partial charge in [-0.25, -0.2) is 4.79 Å². The molecular weight excluding hydrogens is 281 g/mol. The first kappa shape index (κ1) is 13.8. The van der Waals surface area contributed by atoms with E-state index >= 15 is 0 Å². The summed E-state index contributed by atoms with van der Waals surface area (Å²) in [5.41, 5.74) is -0.779. The van der Waals surface area contributed by atoms with Crippen LogP contribution in [0.25, 0.3) is 10.1 Å². The average molecular weight is 290 g/mol. The maximum atomic E-state index is 12.8. The van der Waals surface area contributed by atoms with E-state index in [1.807, 2.05) is 0 Å². The summed E-state index contributed by atoms with van der Waals surface area (Å²) in [4.78, 5) is 11.3. The highest BCUT2D eigenvalue weighted by atomic mass is 32.1. The summed E-state index contributed by atoms with van der Waals surface area (Å²) in [6.07, 6.45) is -6.04. The SMILES string of the molecule is COC(=O)C(O)c1cc2cccc(C(F)(F)F)c2s1. The number of ether oxygens (including phenoxy) is 1. The Labute approximate surface area is 110 Å². The molecule has 3 nitrogen and oxygen atoms in total. The van der Waals surface area contributed by atoms with Crippen LogP contribution in [0.1, 0.15) is 16.5 Å². The van der Waals surface area contributed by atoms with Gasteiger partial charge in [-0.05, 0) is 17.5 Å². The van der Waals surface area contributed by atoms with E-state index in [0.29, 0.717) is 5.39 Å². The molecule has 0 aliphatic carbocycles. The fraction of sp³-hybridized carbons (Fsp3) is 0.250. The lowest BCUT2D eigenvalue weighted by atomic mass is 10.1. The highest BCUT2D eigenvalue weighted by Crippen LogP contribution is 2.40. The van der Waals surface area contributed by atoms with Gasteiger partial charge in [-0.2, -0.15) is 13.2 Å². The first-order valence-corrected chi connectivity index (χ1v) is 6.02. The Morgan fingerprint density at radius 2 is 2.11 bits per heavy atom. The zero-order valence-corrected chi connectivity index (χ0v) is 10.5. The summed E-state index contributed by atoms with van der Waals surface area (Å²) < 4.78 is 42.8. The molecule has 1 unspecified atom stereocenters. The summed E-state index contributed by atoms with van der Waals surface area (Å²) in [5.74, 6) is -0.903. The fourth-order valence-electron chi connectivity index (χ4n) is 1.67. The standard InChI is InChI=1S/C12H9F3O3S/c1-18-11(17)9(16)8-5-6-3-2-4-7(10(6)19-8)12(13,14)15/h2-5,9,16H,1H3. The third-order valence-corrected chi connectivity index (χ3v) is 3.80. The molecule has 1 atom stereocenters. The van der Waals surface area contributed by atoms with Crippen LogP contribution >= 0.6 is 11.3 Å². The maximum absolute atomic E-state index is 12.8. The Hall–Kier alpha value is -1.60. The third kappa shape index (κ3) is 2.57. The number of thiophene rings is 1. The molecule has 7 heteroatoms. The molecule has 0 spiro atoms. The van der Waals surface area contributed by atoms with E-state index in [-0.39, 0.29) is 9.58 Å². The second-order valence-corrected chi connectivity index (χ2v) is 4.88. The molecule has 2 aromatic rings. The number of hydrogen-bond acceptors (Lipinski definition) is 4. The van der Waals surface area contributed by atoms with Crippen molar-refractivity contribution in [3.8, 4) is 0 Å². The van der Waals surface area contributed by atoms with E-state index < -0.39 is 23.8 Å². The molecule has 0 saturated heterocycles. The molecule has 1 heterocycles. The molecule has 1 aromatic heterocycles. The lowest BCUT2D eigenvalue weighted by molar-refractivity contribution is -0.150. The lowest BCUT2D eigenvalue weighted by Crippen LogP contribution is -2.11. The minimum Gasteiger partial charge on any atom is -0.467 e. The molecule has 0 fully saturated rings. The van der Waals surface area contributed by atoms with Crippen LogP contribution in [0.3, 0.4) is 0 Å². The van der Waals surface area contributed by atoms with Crippen LogP contribution in [0.4, 0.5) is 13.2 Å². The molecule has 102 valence electrons. The van der Waals surface area contributed by atoms with E-state index in [1.165, 1.54) is 18.2 Å². The number of fused-ring (bicyclic) bond motifs is 1. The van der Waals surface area contributed by atoms with Crippen LogP contribution in [0.5, 0.6) is 0 Å². The number of rotatable bonds is 2. The number of aliphatic hydroxyl groups excluding tert-OH is 1. The summed E-state index contributed by atoms with van der Waals surface area (Å²) in [5, 5.41) is 9.97. The predicted octanol–water partition coefficient (Wildman–Crippen LogP) is 3.13. The second kappa shape index (κ2) is 4.82. The summed E-state index contributed by atoms with van der Waals surface area (Å²) in [6, 6.07) is 5.10. The van der Waals surface area contributed by atoms with Gasteiger partial charge in [-0.1, -0.05) is 12.1 Å². The number of benzene rings is 1. The van der Waals surface area contributed by atoms with Gasteiger partial charge < -0.3 is 9.84 Å². The third-order valence-electron chi connectivity index (χ3n) is 2.56. The zero-order chi connectivity index (χ0) is 14.2. The Balaban J connectivity index is 2.55. The first-order valence-electron chi connectivity index (χ1n) is 5.20. The van der Waals surface area contributed by atoms with Gasteiger partial charge in [0.2, 0.25) is 0 Å². The largest absolute Gasteiger partial charge is 0.467 e. The topological polar surface area (TPSA) is 46.5 Å². The molecule has 0 radical (unpaired) electrons. The lowest BCUT2D eigenvalue weighted by Gasteiger charge is -2.07. The van der Waals surface area contributed by atoms with Gasteiger partial charge in [0.1, 0.15) is 0 Å². The van der Waals surface area contributed by atoms with Crippen molar-refractivity contribution in [2.75, 3.05) is 7.11 Å². The fourth-order valence-corrected chi connectivity index (χ4v) is 2.84. The Morgan fingerprint density at radius 1 is 1.42 bits per heavy atom. The van der Waals surface area contributed by atoms with Crippen LogP contribution in [0, 0.1) is 0 Å². The molecule has 0 aliphatic rings. The molecule has 0 amide bonds. The van der Waals surface area contributed by atoms with Crippen molar-refractivity contribution in [1.82, 2.24) is 0 Å². The van der Waals surface area contributed by atoms with Gasteiger partial charge in [0.05, 0.1) is 12.7 Å². The number of esters is 1. The van der Waals surface area contributed by atoms with Crippen molar-refractivity contribution in [2.24, 2.45) is 0 Å². The second-order valence-electron chi connectivity index (χ2n) is 3.80. The van der Waals surface area contributed by atoms with E-state index in [1.54, 1.807) is 0 Å². The van der Waals surface area contributed by atoms with Gasteiger partial charge in [0.15, 0.2) is 6.10 Å². The molecular formula is C12H9F3O3S. The monoisotopic (exact) mass is 290 g/mol. The summed E-state index contributed by atoms with van der Waals surface area (Å²) >= 11 is 0.732. The van der Waals surface area contributed by atoms with Crippen molar-refractivity contribution in [3.63, 3.8) is 0 Å². The normalized spacial score (nSPS) is 13.5. The van der Waals surface area contributed by atoms with E-state index in [0.717, 1.165) is 24.5 Å². The van der Waals surface area contributed by atoms with Crippen molar-refractivity contribution in [1.29, 1.82) is 0 Å². The summed E-state index contributed by atoms with van der Waals surface area (Å²) in [7, 11) is 1.10. The van der Waals surface area contributed by atoms with Crippen molar-refractivity contribution in [3.05, 3.63) is 34.7 Å². The highest BCUT2D eigenvalue weighted by molar-refractivity contribution is 7.19. The molecule has 0 saturated carbocycles. The molecule has 1 aromatic carbocycles. The van der Waals surface area contributed by atoms with Gasteiger partial charge in [0.25, 0.3) is 0 Å². The number of carbonyl (C=O) groups is 1. The van der Waals surface area contributed by atoms with Gasteiger partial charge in [-0.15, -0.1) is 11.3 Å². The smallest absolute Gasteiger partial charge is 0.417 e. The quantitative estimate of drug-likeness (QED) is 0.864. The number of alkyl halides is 3. The average Bonchev–Trinajstić information content (AvgIpc) is 2.78. The van der Waals surface area contributed by atoms with Gasteiger partial charge in [0, 0.05) is 9.58 Å². The van der Waals surface area contributed by atoms with Crippen LogP contribution in [0.2, 0.25) is 0 Å². The minimum absolute atomic E-state index is 0.00652. The number of hydrogen-bond donors (Lipinski definition) is 1. The maximum Gasteiger partial charge on any atom is 0.417 e. The first-order chi connectivity index (χ1) is 8.84. The Bertz CT molecular complexity index is 618. The molecule has 19 heavy (non-hydrogen) atoms. The molecule has 2 rings (SSSR count). The van der Waals surface area contributed by atoms with Crippen LogP contribution in [0.15, 0.2) is 24.3 Å². The zero-order valence-electron chi connectivity index (χ0n) is 9.69. The Kier molecular flexibility index (Phi) is 3.51. The van der Waals surface area contributed by atoms with E-state index in [2.05, 4.69) is 4.74 Å². The Morgan fingerprint density at radius 3 is 2.68 bits per heavy atom. The van der Waals surface area contributed by atoms with Crippen LogP contribution in [-0.2, 0) is 15.7 Å². The molecule has 1 N–H and O–H groups in total. The highest BCUT2D eigenvalue weighted by Gasteiger charge is 2.33. The van der Waals surface area contributed by atoms with Crippen molar-refractivity contribution >= 4 is 27.4 Å². The number of aliphatic hydroxyl groups is 1.